The van der Waals surface area contributed by atoms with Crippen molar-refractivity contribution in [2.24, 2.45) is 5.92 Å². The summed E-state index contributed by atoms with van der Waals surface area (Å²) in [5, 5.41) is 1.20. The first kappa shape index (κ1) is 14.5. The van der Waals surface area contributed by atoms with Crippen molar-refractivity contribution < 1.29 is 4.39 Å². The van der Waals surface area contributed by atoms with E-state index in [9.17, 15) is 4.39 Å². The van der Waals surface area contributed by atoms with Crippen LogP contribution in [0.25, 0.3) is 10.1 Å². The van der Waals surface area contributed by atoms with Crippen LogP contribution in [0.5, 0.6) is 0 Å². The summed E-state index contributed by atoms with van der Waals surface area (Å²) in [7, 11) is 0. The maximum atomic E-state index is 13.2. The summed E-state index contributed by atoms with van der Waals surface area (Å²) in [4.78, 5) is 1.47. The molecule has 0 aliphatic heterocycles. The van der Waals surface area contributed by atoms with Crippen LogP contribution in [-0.4, -0.2) is 0 Å². The molecule has 0 spiro atoms. The number of rotatable bonds is 3. The van der Waals surface area contributed by atoms with E-state index in [1.165, 1.54) is 29.5 Å². The minimum absolute atomic E-state index is 0.126. The maximum absolute atomic E-state index is 13.2. The molecule has 1 heterocycles. The summed E-state index contributed by atoms with van der Waals surface area (Å²) in [6.07, 6.45) is 3.78. The molecule has 0 radical (unpaired) electrons. The van der Waals surface area contributed by atoms with Gasteiger partial charge in [0.15, 0.2) is 0 Å². The zero-order chi connectivity index (χ0) is 14.0. The average Bonchev–Trinajstić information content (AvgIpc) is 3.04. The van der Waals surface area contributed by atoms with E-state index in [2.05, 4.69) is 19.9 Å². The lowest BCUT2D eigenvalue weighted by atomic mass is 9.96. The topological polar surface area (TPSA) is 0 Å². The summed E-state index contributed by atoms with van der Waals surface area (Å²) in [6.45, 7) is 8.55. The van der Waals surface area contributed by atoms with E-state index in [4.69, 9.17) is 0 Å². The van der Waals surface area contributed by atoms with E-state index in [0.29, 0.717) is 5.41 Å². The van der Waals surface area contributed by atoms with Gasteiger partial charge >= 0.3 is 0 Å². The number of thiophene rings is 1. The molecule has 1 aromatic carbocycles. The molecular formula is C17H23FS. The summed E-state index contributed by atoms with van der Waals surface area (Å²) in [6, 6.07) is 7.40. The van der Waals surface area contributed by atoms with Crippen LogP contribution < -0.4 is 0 Å². The van der Waals surface area contributed by atoms with Gasteiger partial charge in [0.05, 0.1) is 0 Å². The van der Waals surface area contributed by atoms with Crippen molar-refractivity contribution in [3.63, 3.8) is 0 Å². The van der Waals surface area contributed by atoms with Crippen LogP contribution >= 0.6 is 11.3 Å². The first-order valence-electron chi connectivity index (χ1n) is 7.39. The molecule has 1 saturated carbocycles. The number of benzene rings is 1. The number of hydrogen-bond donors (Lipinski definition) is 0. The summed E-state index contributed by atoms with van der Waals surface area (Å²) in [5.41, 5.74) is 0.412. The molecule has 2 atom stereocenters. The smallest absolute Gasteiger partial charge is 0.124 e. The van der Waals surface area contributed by atoms with Crippen molar-refractivity contribution in [2.45, 2.75) is 52.4 Å². The molecule has 104 valence electrons. The lowest BCUT2D eigenvalue weighted by Crippen LogP contribution is -2.05. The lowest BCUT2D eigenvalue weighted by Gasteiger charge is -2.11. The van der Waals surface area contributed by atoms with Crippen molar-refractivity contribution >= 4 is 21.4 Å². The minimum Gasteiger partial charge on any atom is -0.207 e. The fraction of sp³-hybridized carbons (Fsp3) is 0.529. The van der Waals surface area contributed by atoms with E-state index in [1.807, 2.05) is 19.9 Å². The van der Waals surface area contributed by atoms with E-state index in [0.717, 1.165) is 10.6 Å². The predicted octanol–water partition coefficient (Wildman–Crippen LogP) is 6.14. The highest BCUT2D eigenvalue weighted by Crippen LogP contribution is 2.60. The third kappa shape index (κ3) is 2.43. The first-order valence-corrected chi connectivity index (χ1v) is 8.21. The molecule has 2 unspecified atom stereocenters. The van der Waals surface area contributed by atoms with Crippen molar-refractivity contribution in [3.05, 3.63) is 35.0 Å². The van der Waals surface area contributed by atoms with E-state index < -0.39 is 0 Å². The van der Waals surface area contributed by atoms with Gasteiger partial charge in [-0.15, -0.1) is 11.3 Å². The van der Waals surface area contributed by atoms with Crippen LogP contribution in [0, 0.1) is 11.7 Å². The van der Waals surface area contributed by atoms with Crippen molar-refractivity contribution in [2.75, 3.05) is 0 Å². The molecule has 2 heteroatoms. The molecule has 2 aromatic rings. The van der Waals surface area contributed by atoms with E-state index in [-0.39, 0.29) is 5.82 Å². The Morgan fingerprint density at radius 2 is 2.00 bits per heavy atom. The second kappa shape index (κ2) is 5.62. The number of hydrogen-bond acceptors (Lipinski definition) is 1. The molecule has 1 aliphatic rings. The van der Waals surface area contributed by atoms with Gasteiger partial charge in [-0.05, 0) is 42.3 Å². The summed E-state index contributed by atoms with van der Waals surface area (Å²) >= 11 is 1.78. The highest BCUT2D eigenvalue weighted by Gasteiger charge is 2.53. The van der Waals surface area contributed by atoms with Crippen molar-refractivity contribution in [3.8, 4) is 0 Å². The van der Waals surface area contributed by atoms with Crippen LogP contribution in [0.3, 0.4) is 0 Å². The van der Waals surface area contributed by atoms with E-state index in [1.54, 1.807) is 23.5 Å². The van der Waals surface area contributed by atoms with Gasteiger partial charge in [-0.25, -0.2) is 4.39 Å². The van der Waals surface area contributed by atoms with Crippen LogP contribution in [0.4, 0.5) is 4.39 Å². The molecule has 1 aliphatic carbocycles. The SMILES string of the molecule is CC.CCC1CC1(CC)c1cc2ccc(F)cc2s1. The monoisotopic (exact) mass is 278 g/mol. The summed E-state index contributed by atoms with van der Waals surface area (Å²) in [5.74, 6) is 0.713. The molecular weight excluding hydrogens is 255 g/mol. The Morgan fingerprint density at radius 3 is 2.58 bits per heavy atom. The maximum Gasteiger partial charge on any atom is 0.124 e. The van der Waals surface area contributed by atoms with Crippen LogP contribution in [-0.2, 0) is 5.41 Å². The van der Waals surface area contributed by atoms with Gasteiger partial charge in [0, 0.05) is 15.0 Å². The van der Waals surface area contributed by atoms with E-state index >= 15 is 0 Å². The highest BCUT2D eigenvalue weighted by atomic mass is 32.1. The minimum atomic E-state index is -0.126. The molecule has 0 nitrogen and oxygen atoms in total. The van der Waals surface area contributed by atoms with Crippen LogP contribution in [0.1, 0.15) is 51.8 Å². The van der Waals surface area contributed by atoms with Gasteiger partial charge in [0.2, 0.25) is 0 Å². The fourth-order valence-electron chi connectivity index (χ4n) is 3.08. The number of fused-ring (bicyclic) bond motifs is 1. The lowest BCUT2D eigenvalue weighted by molar-refractivity contribution is 0.581. The van der Waals surface area contributed by atoms with Crippen molar-refractivity contribution in [1.29, 1.82) is 0 Å². The Hall–Kier alpha value is -0.890. The molecule has 0 saturated heterocycles. The number of halogens is 1. The second-order valence-corrected chi connectivity index (χ2v) is 6.20. The van der Waals surface area contributed by atoms with Gasteiger partial charge in [-0.2, -0.15) is 0 Å². The molecule has 3 rings (SSSR count). The van der Waals surface area contributed by atoms with Crippen LogP contribution in [0.2, 0.25) is 0 Å². The molecule has 1 aromatic heterocycles. The van der Waals surface area contributed by atoms with Gasteiger partial charge in [0.1, 0.15) is 5.82 Å². The van der Waals surface area contributed by atoms with Gasteiger partial charge < -0.3 is 0 Å². The molecule has 0 amide bonds. The Kier molecular flexibility index (Phi) is 4.29. The summed E-state index contributed by atoms with van der Waals surface area (Å²) < 4.78 is 14.3. The molecule has 19 heavy (non-hydrogen) atoms. The standard InChI is InChI=1S/C15H17FS.C2H6/c1-3-11-9-15(11,4-2)14-7-10-5-6-12(16)8-13(10)17-14;1-2/h5-8,11H,3-4,9H2,1-2H3;1-2H3. The Balaban J connectivity index is 0.000000637. The molecule has 1 fully saturated rings. The van der Waals surface area contributed by atoms with Crippen LogP contribution in [0.15, 0.2) is 24.3 Å². The average molecular weight is 278 g/mol. The van der Waals surface area contributed by atoms with Gasteiger partial charge in [-0.1, -0.05) is 40.2 Å². The van der Waals surface area contributed by atoms with Crippen molar-refractivity contribution in [1.82, 2.24) is 0 Å². The molecule has 0 N–H and O–H groups in total. The van der Waals surface area contributed by atoms with Gasteiger partial charge in [-0.3, -0.25) is 0 Å². The Bertz CT molecular complexity index is 557. The normalized spacial score (nSPS) is 25.0. The Labute approximate surface area is 119 Å². The zero-order valence-electron chi connectivity index (χ0n) is 12.3. The van der Waals surface area contributed by atoms with Gasteiger partial charge in [0.25, 0.3) is 0 Å². The zero-order valence-corrected chi connectivity index (χ0v) is 13.1. The predicted molar refractivity (Wildman–Crippen MR) is 83.5 cm³/mol. The second-order valence-electron chi connectivity index (χ2n) is 5.11. The molecule has 0 bridgehead atoms. The highest BCUT2D eigenvalue weighted by molar-refractivity contribution is 7.19. The first-order chi connectivity index (χ1) is 9.19. The largest absolute Gasteiger partial charge is 0.207 e. The fourth-order valence-corrected chi connectivity index (χ4v) is 4.51. The third-order valence-electron chi connectivity index (χ3n) is 4.33. The quantitative estimate of drug-likeness (QED) is 0.632. The Morgan fingerprint density at radius 1 is 1.26 bits per heavy atom. The third-order valence-corrected chi connectivity index (χ3v) is 5.65.